The smallest absolute Gasteiger partial charge is 0.122 e. The van der Waals surface area contributed by atoms with Gasteiger partial charge in [-0.15, -0.1) is 0 Å². The van der Waals surface area contributed by atoms with Crippen molar-refractivity contribution < 1.29 is 4.74 Å². The predicted molar refractivity (Wildman–Crippen MR) is 68.1 cm³/mol. The lowest BCUT2D eigenvalue weighted by Crippen LogP contribution is -2.28. The van der Waals surface area contributed by atoms with E-state index < -0.39 is 0 Å². The third kappa shape index (κ3) is 2.02. The number of nitrogens with zero attached hydrogens (tertiary/aromatic N) is 1. The molecule has 0 aliphatic heterocycles. The van der Waals surface area contributed by atoms with Crippen LogP contribution in [0.25, 0.3) is 0 Å². The largest absolute Gasteiger partial charge is 0.496 e. The van der Waals surface area contributed by atoms with Gasteiger partial charge in [0, 0.05) is 0 Å². The van der Waals surface area contributed by atoms with Crippen molar-refractivity contribution >= 4 is 0 Å². The summed E-state index contributed by atoms with van der Waals surface area (Å²) in [4.78, 5) is 0. The standard InChI is InChI=1S/C15H19NO/c1-12-13(7-6-8-14(12)17-2)15(11-16)9-4-3-5-10-15/h6-8H,3-5,9-10H2,1-2H3. The highest BCUT2D eigenvalue weighted by Crippen LogP contribution is 2.41. The van der Waals surface area contributed by atoms with Crippen molar-refractivity contribution in [2.45, 2.75) is 44.4 Å². The number of ether oxygens (including phenoxy) is 1. The first-order chi connectivity index (χ1) is 8.23. The monoisotopic (exact) mass is 229 g/mol. The van der Waals surface area contributed by atoms with E-state index >= 15 is 0 Å². The van der Waals surface area contributed by atoms with Crippen LogP contribution in [0.4, 0.5) is 0 Å². The van der Waals surface area contributed by atoms with Gasteiger partial charge in [-0.1, -0.05) is 31.4 Å². The lowest BCUT2D eigenvalue weighted by Gasteiger charge is -2.32. The number of hydrogen-bond donors (Lipinski definition) is 0. The molecule has 0 radical (unpaired) electrons. The van der Waals surface area contributed by atoms with Crippen LogP contribution in [0.5, 0.6) is 5.75 Å². The average Bonchev–Trinajstić information content (AvgIpc) is 2.40. The minimum Gasteiger partial charge on any atom is -0.496 e. The van der Waals surface area contributed by atoms with Crippen LogP contribution in [0.2, 0.25) is 0 Å². The van der Waals surface area contributed by atoms with E-state index in [1.54, 1.807) is 7.11 Å². The molecule has 1 saturated carbocycles. The summed E-state index contributed by atoms with van der Waals surface area (Å²) >= 11 is 0. The minimum atomic E-state index is -0.281. The van der Waals surface area contributed by atoms with Crippen LogP contribution in [0.15, 0.2) is 18.2 Å². The number of rotatable bonds is 2. The molecule has 0 N–H and O–H groups in total. The van der Waals surface area contributed by atoms with E-state index in [0.29, 0.717) is 0 Å². The summed E-state index contributed by atoms with van der Waals surface area (Å²) in [5.41, 5.74) is 2.01. The maximum Gasteiger partial charge on any atom is 0.122 e. The summed E-state index contributed by atoms with van der Waals surface area (Å²) in [7, 11) is 1.69. The fourth-order valence-corrected chi connectivity index (χ4v) is 2.95. The van der Waals surface area contributed by atoms with E-state index in [9.17, 15) is 5.26 Å². The lowest BCUT2D eigenvalue weighted by atomic mass is 9.69. The fourth-order valence-electron chi connectivity index (χ4n) is 2.95. The van der Waals surface area contributed by atoms with Crippen molar-refractivity contribution in [1.82, 2.24) is 0 Å². The van der Waals surface area contributed by atoms with Crippen LogP contribution in [-0.4, -0.2) is 7.11 Å². The van der Waals surface area contributed by atoms with Crippen molar-refractivity contribution in [2.75, 3.05) is 7.11 Å². The molecule has 0 atom stereocenters. The van der Waals surface area contributed by atoms with E-state index in [2.05, 4.69) is 19.1 Å². The summed E-state index contributed by atoms with van der Waals surface area (Å²) in [5.74, 6) is 0.891. The quantitative estimate of drug-likeness (QED) is 0.774. The van der Waals surface area contributed by atoms with Crippen LogP contribution in [0.1, 0.15) is 43.2 Å². The molecule has 0 saturated heterocycles. The number of nitriles is 1. The maximum atomic E-state index is 9.59. The second-order valence-electron chi connectivity index (χ2n) is 4.89. The molecular formula is C15H19NO. The van der Waals surface area contributed by atoms with Gasteiger partial charge in [-0.3, -0.25) is 0 Å². The van der Waals surface area contributed by atoms with Crippen molar-refractivity contribution in [1.29, 1.82) is 5.26 Å². The summed E-state index contributed by atoms with van der Waals surface area (Å²) < 4.78 is 5.36. The molecule has 1 aliphatic carbocycles. The average molecular weight is 229 g/mol. The van der Waals surface area contributed by atoms with Gasteiger partial charge >= 0.3 is 0 Å². The highest BCUT2D eigenvalue weighted by molar-refractivity contribution is 5.46. The second-order valence-corrected chi connectivity index (χ2v) is 4.89. The first kappa shape index (κ1) is 12.0. The highest BCUT2D eigenvalue weighted by Gasteiger charge is 2.35. The summed E-state index contributed by atoms with van der Waals surface area (Å²) in [6.07, 6.45) is 5.54. The maximum absolute atomic E-state index is 9.59. The van der Waals surface area contributed by atoms with E-state index in [1.165, 1.54) is 12.0 Å². The van der Waals surface area contributed by atoms with Gasteiger partial charge in [0.2, 0.25) is 0 Å². The topological polar surface area (TPSA) is 33.0 Å². The van der Waals surface area contributed by atoms with E-state index in [-0.39, 0.29) is 5.41 Å². The van der Waals surface area contributed by atoms with Crippen LogP contribution >= 0.6 is 0 Å². The molecule has 1 aliphatic rings. The Labute approximate surface area is 103 Å². The van der Waals surface area contributed by atoms with E-state index in [1.807, 2.05) is 12.1 Å². The molecule has 1 aromatic rings. The number of hydrogen-bond acceptors (Lipinski definition) is 2. The molecule has 1 fully saturated rings. The zero-order valence-electron chi connectivity index (χ0n) is 10.6. The Hall–Kier alpha value is -1.49. The summed E-state index contributed by atoms with van der Waals surface area (Å²) in [5, 5.41) is 9.59. The molecule has 2 rings (SSSR count). The Balaban J connectivity index is 2.47. The van der Waals surface area contributed by atoms with Gasteiger partial charge in [-0.2, -0.15) is 5.26 Å². The molecule has 0 spiro atoms. The van der Waals surface area contributed by atoms with Gasteiger partial charge in [0.15, 0.2) is 0 Å². The zero-order chi connectivity index (χ0) is 12.3. The Kier molecular flexibility index (Phi) is 3.38. The molecule has 1 aromatic carbocycles. The third-order valence-electron chi connectivity index (χ3n) is 3.94. The minimum absolute atomic E-state index is 0.281. The van der Waals surface area contributed by atoms with Crippen LogP contribution in [-0.2, 0) is 5.41 Å². The van der Waals surface area contributed by atoms with Crippen LogP contribution < -0.4 is 4.74 Å². The fraction of sp³-hybridized carbons (Fsp3) is 0.533. The lowest BCUT2D eigenvalue weighted by molar-refractivity contribution is 0.360. The van der Waals surface area contributed by atoms with E-state index in [0.717, 1.165) is 37.0 Å². The van der Waals surface area contributed by atoms with Gasteiger partial charge in [0.1, 0.15) is 5.75 Å². The zero-order valence-corrected chi connectivity index (χ0v) is 10.6. The molecule has 17 heavy (non-hydrogen) atoms. The first-order valence-corrected chi connectivity index (χ1v) is 6.29. The third-order valence-corrected chi connectivity index (χ3v) is 3.94. The summed E-state index contributed by atoms with van der Waals surface area (Å²) in [6, 6.07) is 8.62. The van der Waals surface area contributed by atoms with Crippen LogP contribution in [0, 0.1) is 18.3 Å². The SMILES string of the molecule is COc1cccc(C2(C#N)CCCCC2)c1C. The highest BCUT2D eigenvalue weighted by atomic mass is 16.5. The number of methoxy groups -OCH3 is 1. The summed E-state index contributed by atoms with van der Waals surface area (Å²) in [6.45, 7) is 2.06. The van der Waals surface area contributed by atoms with Gasteiger partial charge in [-0.05, 0) is 37.0 Å². The predicted octanol–water partition coefficient (Wildman–Crippen LogP) is 3.73. The molecule has 0 bridgehead atoms. The van der Waals surface area contributed by atoms with Gasteiger partial charge in [0.25, 0.3) is 0 Å². The van der Waals surface area contributed by atoms with Crippen molar-refractivity contribution in [3.05, 3.63) is 29.3 Å². The van der Waals surface area contributed by atoms with Gasteiger partial charge in [0.05, 0.1) is 18.6 Å². The molecule has 0 unspecified atom stereocenters. The molecule has 0 aromatic heterocycles. The molecular weight excluding hydrogens is 210 g/mol. The number of benzene rings is 1. The van der Waals surface area contributed by atoms with Gasteiger partial charge < -0.3 is 4.74 Å². The molecule has 90 valence electrons. The Morgan fingerprint density at radius 2 is 1.94 bits per heavy atom. The van der Waals surface area contributed by atoms with Crippen molar-refractivity contribution in [3.63, 3.8) is 0 Å². The molecule has 2 nitrogen and oxygen atoms in total. The Morgan fingerprint density at radius 1 is 1.24 bits per heavy atom. The first-order valence-electron chi connectivity index (χ1n) is 6.29. The van der Waals surface area contributed by atoms with Crippen LogP contribution in [0.3, 0.4) is 0 Å². The molecule has 0 amide bonds. The Bertz CT molecular complexity index is 439. The van der Waals surface area contributed by atoms with E-state index in [4.69, 9.17) is 4.74 Å². The van der Waals surface area contributed by atoms with Gasteiger partial charge in [-0.25, -0.2) is 0 Å². The molecule has 2 heteroatoms. The Morgan fingerprint density at radius 3 is 2.53 bits per heavy atom. The van der Waals surface area contributed by atoms with Crippen molar-refractivity contribution in [3.8, 4) is 11.8 Å². The normalized spacial score (nSPS) is 18.4. The second kappa shape index (κ2) is 4.79. The van der Waals surface area contributed by atoms with Crippen molar-refractivity contribution in [2.24, 2.45) is 0 Å². The molecule has 0 heterocycles.